The molecule has 0 aliphatic carbocycles. The Labute approximate surface area is 216 Å². The van der Waals surface area contributed by atoms with Crippen LogP contribution in [0.4, 0.5) is 5.69 Å². The van der Waals surface area contributed by atoms with Crippen molar-refractivity contribution in [3.8, 4) is 0 Å². The number of benzene rings is 3. The van der Waals surface area contributed by atoms with Gasteiger partial charge in [0.05, 0.1) is 16.5 Å². The number of pyridine rings is 1. The third-order valence-electron chi connectivity index (χ3n) is 7.30. The van der Waals surface area contributed by atoms with E-state index in [9.17, 15) is 0 Å². The largest absolute Gasteiger partial charge is 0.447 e. The topological polar surface area (TPSA) is 32.3 Å². The summed E-state index contributed by atoms with van der Waals surface area (Å²) in [5.74, 6) is 0. The fourth-order valence-corrected chi connectivity index (χ4v) is 5.76. The molecule has 1 aliphatic rings. The van der Waals surface area contributed by atoms with Crippen LogP contribution in [0.15, 0.2) is 76.0 Å². The fourth-order valence-electron chi connectivity index (χ4n) is 5.36. The summed E-state index contributed by atoms with van der Waals surface area (Å²) in [6.45, 7) is 4.37. The van der Waals surface area contributed by atoms with Crippen molar-refractivity contribution in [3.63, 3.8) is 0 Å². The van der Waals surface area contributed by atoms with E-state index in [-0.39, 0.29) is 0 Å². The molecule has 182 valence electrons. The van der Waals surface area contributed by atoms with Gasteiger partial charge in [0.1, 0.15) is 12.6 Å². The Bertz CT molecular complexity index is 1560. The Morgan fingerprint density at radius 1 is 0.944 bits per heavy atom. The minimum absolute atomic E-state index is 0.900. The summed E-state index contributed by atoms with van der Waals surface area (Å²) < 4.78 is 8.74. The Morgan fingerprint density at radius 2 is 1.69 bits per heavy atom. The SMILES string of the molecule is CSc1ccc(/C=C/c2ccc3c(c2)c(NCCN2CCCC2)c2oc4ccccc4c2[n+]3C)cc1. The maximum atomic E-state index is 6.47. The number of para-hydroxylation sites is 1. The van der Waals surface area contributed by atoms with Gasteiger partial charge in [-0.2, -0.15) is 4.57 Å². The van der Waals surface area contributed by atoms with Crippen molar-refractivity contribution in [1.29, 1.82) is 0 Å². The standard InChI is InChI=1S/C31H31N3OS/c1-33-27-16-13-23(10-9-22-11-14-24(36-2)15-12-22)21-26(27)29(32-17-20-34-18-5-6-19-34)31-30(33)25-7-3-4-8-28(25)35-31/h3-4,7-16,21H,5-6,17-20H2,1-2H3/p+1/b10-9+. The van der Waals surface area contributed by atoms with Gasteiger partial charge < -0.3 is 14.6 Å². The molecule has 1 N–H and O–H groups in total. The first-order valence-electron chi connectivity index (χ1n) is 12.8. The fraction of sp³-hybridized carbons (Fsp3) is 0.258. The van der Waals surface area contributed by atoms with Crippen molar-refractivity contribution in [2.45, 2.75) is 17.7 Å². The number of aromatic nitrogens is 1. The van der Waals surface area contributed by atoms with Gasteiger partial charge in [0.15, 0.2) is 0 Å². The maximum absolute atomic E-state index is 6.47. The lowest BCUT2D eigenvalue weighted by Crippen LogP contribution is -2.31. The molecule has 0 saturated carbocycles. The zero-order valence-electron chi connectivity index (χ0n) is 21.0. The van der Waals surface area contributed by atoms with Crippen molar-refractivity contribution >= 4 is 62.6 Å². The summed E-state index contributed by atoms with van der Waals surface area (Å²) in [4.78, 5) is 3.83. The summed E-state index contributed by atoms with van der Waals surface area (Å²) in [6.07, 6.45) is 9.12. The predicted molar refractivity (Wildman–Crippen MR) is 154 cm³/mol. The number of nitrogens with one attached hydrogen (secondary N) is 1. The molecule has 1 aliphatic heterocycles. The van der Waals surface area contributed by atoms with E-state index in [0.717, 1.165) is 40.8 Å². The lowest BCUT2D eigenvalue weighted by molar-refractivity contribution is -0.616. The molecule has 0 radical (unpaired) electrons. The van der Waals surface area contributed by atoms with Crippen LogP contribution in [0.2, 0.25) is 0 Å². The van der Waals surface area contributed by atoms with Crippen LogP contribution < -0.4 is 9.88 Å². The van der Waals surface area contributed by atoms with Gasteiger partial charge >= 0.3 is 0 Å². The lowest BCUT2D eigenvalue weighted by Gasteiger charge is -2.16. The summed E-state index contributed by atoms with van der Waals surface area (Å²) >= 11 is 1.77. The number of thioether (sulfide) groups is 1. The number of likely N-dealkylation sites (tertiary alicyclic amines) is 1. The van der Waals surface area contributed by atoms with Crippen LogP contribution in [0, 0.1) is 0 Å². The molecule has 0 unspecified atom stereocenters. The average molecular weight is 495 g/mol. The highest BCUT2D eigenvalue weighted by Gasteiger charge is 2.24. The predicted octanol–water partition coefficient (Wildman–Crippen LogP) is 6.96. The van der Waals surface area contributed by atoms with Crippen LogP contribution in [0.1, 0.15) is 24.0 Å². The lowest BCUT2D eigenvalue weighted by atomic mass is 10.1. The van der Waals surface area contributed by atoms with Crippen LogP contribution in [-0.2, 0) is 7.05 Å². The molecule has 0 amide bonds. The first kappa shape index (κ1) is 23.1. The first-order valence-corrected chi connectivity index (χ1v) is 14.0. The first-order chi connectivity index (χ1) is 17.7. The van der Waals surface area contributed by atoms with Gasteiger partial charge in [-0.15, -0.1) is 11.8 Å². The van der Waals surface area contributed by atoms with E-state index in [1.54, 1.807) is 11.8 Å². The quantitative estimate of drug-likeness (QED) is 0.151. The normalized spacial score (nSPS) is 14.6. The van der Waals surface area contributed by atoms with Gasteiger partial charge in [-0.3, -0.25) is 0 Å². The van der Waals surface area contributed by atoms with Gasteiger partial charge in [0.25, 0.3) is 5.52 Å². The van der Waals surface area contributed by atoms with Crippen LogP contribution in [0.5, 0.6) is 0 Å². The second-order valence-electron chi connectivity index (χ2n) is 9.57. The van der Waals surface area contributed by atoms with E-state index < -0.39 is 0 Å². The minimum Gasteiger partial charge on any atom is -0.447 e. The Morgan fingerprint density at radius 3 is 2.50 bits per heavy atom. The molecular formula is C31H32N3OS+. The van der Waals surface area contributed by atoms with E-state index in [1.165, 1.54) is 52.9 Å². The molecule has 3 aromatic carbocycles. The summed E-state index contributed by atoms with van der Waals surface area (Å²) in [5.41, 5.74) is 7.66. The molecule has 1 saturated heterocycles. The van der Waals surface area contributed by atoms with E-state index in [0.29, 0.717) is 0 Å². The van der Waals surface area contributed by atoms with E-state index in [2.05, 4.69) is 101 Å². The molecule has 2 aromatic heterocycles. The van der Waals surface area contributed by atoms with Crippen molar-refractivity contribution in [3.05, 3.63) is 77.9 Å². The van der Waals surface area contributed by atoms with E-state index in [4.69, 9.17) is 4.42 Å². The van der Waals surface area contributed by atoms with Gasteiger partial charge in [0, 0.05) is 24.1 Å². The summed E-state index contributed by atoms with van der Waals surface area (Å²) in [5, 5.41) is 6.12. The molecule has 5 heteroatoms. The molecule has 0 atom stereocenters. The minimum atomic E-state index is 0.900. The Hall–Kier alpha value is -3.28. The van der Waals surface area contributed by atoms with Gasteiger partial charge in [-0.25, -0.2) is 0 Å². The molecule has 5 aromatic rings. The number of rotatable bonds is 7. The highest BCUT2D eigenvalue weighted by Crippen LogP contribution is 2.36. The van der Waals surface area contributed by atoms with Gasteiger partial charge in [0.2, 0.25) is 11.1 Å². The van der Waals surface area contributed by atoms with Crippen LogP contribution >= 0.6 is 11.8 Å². The summed E-state index contributed by atoms with van der Waals surface area (Å²) in [6, 6.07) is 23.8. The van der Waals surface area contributed by atoms with Gasteiger partial charge in [-0.1, -0.05) is 36.4 Å². The van der Waals surface area contributed by atoms with E-state index >= 15 is 0 Å². The number of furan rings is 1. The highest BCUT2D eigenvalue weighted by molar-refractivity contribution is 7.98. The number of hydrogen-bond acceptors (Lipinski definition) is 4. The molecule has 0 bridgehead atoms. The van der Waals surface area contributed by atoms with Crippen LogP contribution in [-0.4, -0.2) is 37.3 Å². The molecule has 1 fully saturated rings. The second kappa shape index (κ2) is 10.00. The second-order valence-corrected chi connectivity index (χ2v) is 10.4. The summed E-state index contributed by atoms with van der Waals surface area (Å²) in [7, 11) is 2.14. The van der Waals surface area contributed by atoms with Crippen LogP contribution in [0.3, 0.4) is 0 Å². The molecular weight excluding hydrogens is 462 g/mol. The molecule has 6 rings (SSSR count). The van der Waals surface area contributed by atoms with Crippen LogP contribution in [0.25, 0.3) is 45.1 Å². The monoisotopic (exact) mass is 494 g/mol. The van der Waals surface area contributed by atoms with Crippen molar-refractivity contribution in [2.24, 2.45) is 7.05 Å². The van der Waals surface area contributed by atoms with E-state index in [1.807, 2.05) is 6.07 Å². The van der Waals surface area contributed by atoms with Crippen molar-refractivity contribution in [2.75, 3.05) is 37.8 Å². The highest BCUT2D eigenvalue weighted by atomic mass is 32.2. The zero-order chi connectivity index (χ0) is 24.5. The van der Waals surface area contributed by atoms with Crippen molar-refractivity contribution < 1.29 is 8.98 Å². The molecule has 36 heavy (non-hydrogen) atoms. The third kappa shape index (κ3) is 4.38. The smallest absolute Gasteiger partial charge is 0.261 e. The number of fused-ring (bicyclic) bond motifs is 4. The Kier molecular flexibility index (Phi) is 6.43. The number of aryl methyl sites for hydroxylation is 1. The molecule has 0 spiro atoms. The molecule has 4 nitrogen and oxygen atoms in total. The Balaban J connectivity index is 1.43. The number of hydrogen-bond donors (Lipinski definition) is 1. The zero-order valence-corrected chi connectivity index (χ0v) is 21.8. The average Bonchev–Trinajstić information content (AvgIpc) is 3.57. The van der Waals surface area contributed by atoms with Gasteiger partial charge in [-0.05, 0) is 79.7 Å². The molecule has 3 heterocycles. The van der Waals surface area contributed by atoms with Crippen molar-refractivity contribution in [1.82, 2.24) is 4.90 Å². The number of nitrogens with zero attached hydrogens (tertiary/aromatic N) is 2. The number of anilines is 1. The maximum Gasteiger partial charge on any atom is 0.261 e. The third-order valence-corrected chi connectivity index (χ3v) is 8.04.